The minimum atomic E-state index is -0.482. The van der Waals surface area contributed by atoms with Gasteiger partial charge in [-0.1, -0.05) is 30.3 Å². The van der Waals surface area contributed by atoms with E-state index in [1.807, 2.05) is 30.3 Å². The van der Waals surface area contributed by atoms with Gasteiger partial charge in [0.05, 0.1) is 6.54 Å². The van der Waals surface area contributed by atoms with E-state index >= 15 is 0 Å². The molecule has 8 heteroatoms. The molecule has 0 saturated heterocycles. The Bertz CT molecular complexity index is 755. The summed E-state index contributed by atoms with van der Waals surface area (Å²) in [4.78, 5) is 35.2. The highest BCUT2D eigenvalue weighted by Gasteiger charge is 2.15. The van der Waals surface area contributed by atoms with Crippen molar-refractivity contribution in [2.45, 2.75) is 12.8 Å². The number of carbonyl (C=O) groups excluding carboxylic acids is 3. The van der Waals surface area contributed by atoms with E-state index in [-0.39, 0.29) is 24.1 Å². The number of aromatic nitrogens is 2. The summed E-state index contributed by atoms with van der Waals surface area (Å²) < 4.78 is 1.41. The Hall–Kier alpha value is -3.16. The highest BCUT2D eigenvalue weighted by molar-refractivity contribution is 5.97. The highest BCUT2D eigenvalue weighted by atomic mass is 16.2. The third-order valence-electron chi connectivity index (χ3n) is 3.55. The van der Waals surface area contributed by atoms with Crippen molar-refractivity contribution < 1.29 is 14.4 Å². The van der Waals surface area contributed by atoms with E-state index in [0.717, 1.165) is 5.56 Å². The van der Waals surface area contributed by atoms with Gasteiger partial charge < -0.3 is 16.0 Å². The average Bonchev–Trinajstić information content (AvgIpc) is 2.99. The zero-order valence-corrected chi connectivity index (χ0v) is 14.2. The number of anilines is 1. The number of hydrogen-bond acceptors (Lipinski definition) is 4. The number of carbonyl (C=O) groups is 3. The third kappa shape index (κ3) is 5.45. The minimum Gasteiger partial charge on any atom is -0.358 e. The normalized spacial score (nSPS) is 10.2. The summed E-state index contributed by atoms with van der Waals surface area (Å²) in [5, 5.41) is 11.6. The number of hydrogen-bond donors (Lipinski definition) is 3. The van der Waals surface area contributed by atoms with E-state index in [2.05, 4.69) is 21.0 Å². The second kappa shape index (κ2) is 8.62. The lowest BCUT2D eigenvalue weighted by molar-refractivity contribution is -0.119. The predicted octanol–water partition coefficient (Wildman–Crippen LogP) is 0.467. The molecule has 0 aliphatic rings. The molecule has 0 spiro atoms. The van der Waals surface area contributed by atoms with Crippen molar-refractivity contribution in [1.82, 2.24) is 20.4 Å². The first kappa shape index (κ1) is 18.2. The molecule has 0 aliphatic carbocycles. The topological polar surface area (TPSA) is 105 Å². The second-order valence-electron chi connectivity index (χ2n) is 5.43. The molecule has 132 valence electrons. The number of amides is 3. The summed E-state index contributed by atoms with van der Waals surface area (Å²) in [6, 6.07) is 11.2. The summed E-state index contributed by atoms with van der Waals surface area (Å²) in [5.41, 5.74) is 1.21. The molecule has 0 saturated carbocycles. The first-order valence-corrected chi connectivity index (χ1v) is 7.86. The van der Waals surface area contributed by atoms with E-state index < -0.39 is 5.91 Å². The monoisotopic (exact) mass is 343 g/mol. The van der Waals surface area contributed by atoms with Crippen LogP contribution in [0.4, 0.5) is 5.82 Å². The lowest BCUT2D eigenvalue weighted by atomic mass is 10.1. The largest absolute Gasteiger partial charge is 0.358 e. The molecule has 0 aliphatic heterocycles. The summed E-state index contributed by atoms with van der Waals surface area (Å²) in [6.07, 6.45) is 0.956. The first-order chi connectivity index (χ1) is 12.0. The van der Waals surface area contributed by atoms with Gasteiger partial charge in [0.1, 0.15) is 5.82 Å². The van der Waals surface area contributed by atoms with Crippen LogP contribution < -0.4 is 16.0 Å². The number of nitrogens with one attached hydrogen (secondary N) is 3. The van der Waals surface area contributed by atoms with Crippen molar-refractivity contribution in [3.05, 3.63) is 47.7 Å². The van der Waals surface area contributed by atoms with Gasteiger partial charge in [-0.15, -0.1) is 0 Å². The SMILES string of the molecule is CNC(=O)CNC(=O)c1cc(NC(=O)CCc2ccccc2)n(C)n1. The Labute approximate surface area is 145 Å². The van der Waals surface area contributed by atoms with Crippen LogP contribution in [0, 0.1) is 0 Å². The fraction of sp³-hybridized carbons (Fsp3) is 0.294. The van der Waals surface area contributed by atoms with Crippen LogP contribution in [0.3, 0.4) is 0 Å². The van der Waals surface area contributed by atoms with Crippen LogP contribution >= 0.6 is 0 Å². The average molecular weight is 343 g/mol. The van der Waals surface area contributed by atoms with Gasteiger partial charge in [0.15, 0.2) is 5.69 Å². The molecular formula is C17H21N5O3. The van der Waals surface area contributed by atoms with Crippen molar-refractivity contribution >= 4 is 23.5 Å². The van der Waals surface area contributed by atoms with E-state index in [1.54, 1.807) is 7.05 Å². The van der Waals surface area contributed by atoms with Crippen LogP contribution in [0.5, 0.6) is 0 Å². The van der Waals surface area contributed by atoms with Crippen molar-refractivity contribution in [1.29, 1.82) is 0 Å². The Balaban J connectivity index is 1.89. The Morgan fingerprint density at radius 2 is 1.84 bits per heavy atom. The van der Waals surface area contributed by atoms with Gasteiger partial charge in [-0.05, 0) is 12.0 Å². The van der Waals surface area contributed by atoms with Crippen LogP contribution in [-0.4, -0.2) is 41.1 Å². The molecular weight excluding hydrogens is 322 g/mol. The van der Waals surface area contributed by atoms with Gasteiger partial charge in [0.25, 0.3) is 5.91 Å². The smallest absolute Gasteiger partial charge is 0.272 e. The van der Waals surface area contributed by atoms with E-state index in [4.69, 9.17) is 0 Å². The van der Waals surface area contributed by atoms with Gasteiger partial charge in [-0.2, -0.15) is 5.10 Å². The van der Waals surface area contributed by atoms with Gasteiger partial charge in [-0.25, -0.2) is 0 Å². The minimum absolute atomic E-state index is 0.129. The molecule has 2 rings (SSSR count). The van der Waals surface area contributed by atoms with Crippen LogP contribution in [0.1, 0.15) is 22.5 Å². The number of benzene rings is 1. The molecule has 0 unspecified atom stereocenters. The standard InChI is InChI=1S/C17H21N5O3/c1-18-16(24)11-19-17(25)13-10-14(22(2)21-13)20-15(23)9-8-12-6-4-3-5-7-12/h3-7,10H,8-9,11H2,1-2H3,(H,18,24)(H,19,25)(H,20,23). The molecule has 0 bridgehead atoms. The summed E-state index contributed by atoms with van der Waals surface area (Å²) in [6.45, 7) is -0.134. The quantitative estimate of drug-likeness (QED) is 0.679. The fourth-order valence-electron chi connectivity index (χ4n) is 2.14. The summed E-state index contributed by atoms with van der Waals surface area (Å²) >= 11 is 0. The Morgan fingerprint density at radius 1 is 1.12 bits per heavy atom. The molecule has 0 radical (unpaired) electrons. The maximum absolute atomic E-state index is 12.1. The molecule has 1 aromatic carbocycles. The van der Waals surface area contributed by atoms with Crippen molar-refractivity contribution in [3.63, 3.8) is 0 Å². The first-order valence-electron chi connectivity index (χ1n) is 7.86. The maximum Gasteiger partial charge on any atom is 0.272 e. The van der Waals surface area contributed by atoms with E-state index in [0.29, 0.717) is 18.7 Å². The van der Waals surface area contributed by atoms with E-state index in [9.17, 15) is 14.4 Å². The summed E-state index contributed by atoms with van der Waals surface area (Å²) in [7, 11) is 3.11. The third-order valence-corrected chi connectivity index (χ3v) is 3.55. The predicted molar refractivity (Wildman–Crippen MR) is 93.0 cm³/mol. The molecule has 1 heterocycles. The van der Waals surface area contributed by atoms with Crippen molar-refractivity contribution in [2.75, 3.05) is 18.9 Å². The Kier molecular flexibility index (Phi) is 6.27. The lowest BCUT2D eigenvalue weighted by Crippen LogP contribution is -2.35. The maximum atomic E-state index is 12.1. The van der Waals surface area contributed by atoms with E-state index in [1.165, 1.54) is 17.8 Å². The number of nitrogens with zero attached hydrogens (tertiary/aromatic N) is 2. The van der Waals surface area contributed by atoms with Gasteiger partial charge >= 0.3 is 0 Å². The molecule has 1 aromatic heterocycles. The van der Waals surface area contributed by atoms with Gasteiger partial charge in [0, 0.05) is 26.6 Å². The molecule has 0 fully saturated rings. The molecule has 8 nitrogen and oxygen atoms in total. The van der Waals surface area contributed by atoms with Crippen LogP contribution in [0.2, 0.25) is 0 Å². The molecule has 2 aromatic rings. The van der Waals surface area contributed by atoms with Crippen molar-refractivity contribution in [3.8, 4) is 0 Å². The van der Waals surface area contributed by atoms with Crippen molar-refractivity contribution in [2.24, 2.45) is 7.05 Å². The fourth-order valence-corrected chi connectivity index (χ4v) is 2.14. The van der Waals surface area contributed by atoms with Gasteiger partial charge in [-0.3, -0.25) is 19.1 Å². The molecule has 0 atom stereocenters. The number of likely N-dealkylation sites (N-methyl/N-ethyl adjacent to an activating group) is 1. The van der Waals surface area contributed by atoms with Crippen LogP contribution in [0.15, 0.2) is 36.4 Å². The Morgan fingerprint density at radius 3 is 2.52 bits per heavy atom. The second-order valence-corrected chi connectivity index (χ2v) is 5.43. The zero-order chi connectivity index (χ0) is 18.2. The highest BCUT2D eigenvalue weighted by Crippen LogP contribution is 2.10. The lowest BCUT2D eigenvalue weighted by Gasteiger charge is -2.05. The van der Waals surface area contributed by atoms with Crippen LogP contribution in [0.25, 0.3) is 0 Å². The van der Waals surface area contributed by atoms with Crippen LogP contribution in [-0.2, 0) is 23.1 Å². The zero-order valence-electron chi connectivity index (χ0n) is 14.2. The molecule has 3 N–H and O–H groups in total. The number of rotatable bonds is 7. The summed E-state index contributed by atoms with van der Waals surface area (Å²) in [5.74, 6) is -0.532. The number of aryl methyl sites for hydroxylation is 2. The van der Waals surface area contributed by atoms with Gasteiger partial charge in [0.2, 0.25) is 11.8 Å². The molecule has 25 heavy (non-hydrogen) atoms. The molecule has 3 amide bonds.